The molecule has 1 amide bonds. The van der Waals surface area contributed by atoms with Crippen LogP contribution in [0.5, 0.6) is 11.5 Å². The fourth-order valence-corrected chi connectivity index (χ4v) is 6.31. The second kappa shape index (κ2) is 11.8. The highest BCUT2D eigenvalue weighted by Crippen LogP contribution is 2.41. The molecule has 216 valence electrons. The van der Waals surface area contributed by atoms with Gasteiger partial charge in [-0.3, -0.25) is 9.59 Å². The molecule has 4 aromatic carbocycles. The average molecular weight is 637 g/mol. The number of carbonyl (C=O) groups excluding carboxylic acids is 1. The molecule has 0 fully saturated rings. The summed E-state index contributed by atoms with van der Waals surface area (Å²) in [6.45, 7) is 0.346. The van der Waals surface area contributed by atoms with Gasteiger partial charge in [-0.15, -0.1) is 0 Å². The van der Waals surface area contributed by atoms with Crippen LogP contribution < -0.4 is 15.6 Å². The zero-order valence-corrected chi connectivity index (χ0v) is 25.3. The second-order valence-electron chi connectivity index (χ2n) is 10.4. The number of aromatic nitrogens is 2. The predicted molar refractivity (Wildman–Crippen MR) is 173 cm³/mol. The fourth-order valence-electron chi connectivity index (χ4n) is 5.89. The van der Waals surface area contributed by atoms with Gasteiger partial charge in [0.05, 0.1) is 29.7 Å². The van der Waals surface area contributed by atoms with Gasteiger partial charge in [0.25, 0.3) is 11.5 Å². The molecule has 1 unspecified atom stereocenters. The van der Waals surface area contributed by atoms with Gasteiger partial charge in [0, 0.05) is 40.0 Å². The molecule has 0 aliphatic carbocycles. The van der Waals surface area contributed by atoms with E-state index < -0.39 is 5.92 Å². The lowest BCUT2D eigenvalue weighted by Crippen LogP contribution is -2.27. The molecule has 2 heterocycles. The van der Waals surface area contributed by atoms with Gasteiger partial charge >= 0.3 is 0 Å². The number of halogens is 1. The van der Waals surface area contributed by atoms with Crippen molar-refractivity contribution in [1.82, 2.24) is 14.9 Å². The Balaban J connectivity index is 1.50. The Morgan fingerprint density at radius 1 is 0.977 bits per heavy atom. The Morgan fingerprint density at radius 2 is 1.70 bits per heavy atom. The van der Waals surface area contributed by atoms with Crippen LogP contribution in [0.2, 0.25) is 0 Å². The number of para-hydroxylation sites is 3. The van der Waals surface area contributed by atoms with E-state index >= 15 is 0 Å². The SMILES string of the molecule is COc1ccccc1C(=O)NCCc1c(C(c2cccc(Br)c2)c2c(O)c3ccccc3n(C)c2=O)[nH]c2ccccc12. The van der Waals surface area contributed by atoms with Gasteiger partial charge in [0.15, 0.2) is 0 Å². The number of amides is 1. The highest BCUT2D eigenvalue weighted by atomic mass is 79.9. The Kier molecular flexibility index (Phi) is 7.78. The van der Waals surface area contributed by atoms with Crippen LogP contribution in [0, 0.1) is 0 Å². The molecule has 0 saturated carbocycles. The minimum Gasteiger partial charge on any atom is -0.507 e. The standard InChI is InChI=1S/C35H30BrN3O4/c1-39-28-16-7-4-13-25(28)33(40)31(35(39)42)30(21-10-9-11-22(36)20-21)32-24(23-12-3-6-15-27(23)38-32)18-19-37-34(41)26-14-5-8-17-29(26)43-2/h3-17,20,30,38,40H,18-19H2,1-2H3,(H,37,41). The van der Waals surface area contributed by atoms with Crippen molar-refractivity contribution in [2.75, 3.05) is 13.7 Å². The van der Waals surface area contributed by atoms with E-state index in [2.05, 4.69) is 26.2 Å². The van der Waals surface area contributed by atoms with E-state index in [4.69, 9.17) is 4.74 Å². The van der Waals surface area contributed by atoms with Crippen LogP contribution in [0.1, 0.15) is 38.7 Å². The van der Waals surface area contributed by atoms with E-state index in [1.54, 1.807) is 36.9 Å². The number of pyridine rings is 1. The van der Waals surface area contributed by atoms with Gasteiger partial charge < -0.3 is 24.7 Å². The molecule has 0 aliphatic heterocycles. The summed E-state index contributed by atoms with van der Waals surface area (Å²) in [6, 6.07) is 30.2. The van der Waals surface area contributed by atoms with Gasteiger partial charge in [-0.05, 0) is 60.0 Å². The molecule has 3 N–H and O–H groups in total. The second-order valence-corrected chi connectivity index (χ2v) is 11.3. The Bertz CT molecular complexity index is 2050. The molecular weight excluding hydrogens is 606 g/mol. The third-order valence-corrected chi connectivity index (χ3v) is 8.42. The number of nitrogens with zero attached hydrogens (tertiary/aromatic N) is 1. The quantitative estimate of drug-likeness (QED) is 0.174. The lowest BCUT2D eigenvalue weighted by molar-refractivity contribution is 0.0951. The van der Waals surface area contributed by atoms with E-state index in [-0.39, 0.29) is 22.8 Å². The van der Waals surface area contributed by atoms with Crippen LogP contribution >= 0.6 is 15.9 Å². The molecule has 6 rings (SSSR count). The Hall–Kier alpha value is -4.82. The van der Waals surface area contributed by atoms with Crippen LogP contribution in [0.3, 0.4) is 0 Å². The van der Waals surface area contributed by atoms with Crippen molar-refractivity contribution < 1.29 is 14.6 Å². The summed E-state index contributed by atoms with van der Waals surface area (Å²) in [5, 5.41) is 16.3. The number of aromatic amines is 1. The van der Waals surface area contributed by atoms with Crippen molar-refractivity contribution in [2.45, 2.75) is 12.3 Å². The van der Waals surface area contributed by atoms with Crippen molar-refractivity contribution in [1.29, 1.82) is 0 Å². The number of aryl methyl sites for hydroxylation is 1. The van der Waals surface area contributed by atoms with E-state index in [0.29, 0.717) is 35.2 Å². The van der Waals surface area contributed by atoms with Gasteiger partial charge in [0.2, 0.25) is 0 Å². The highest BCUT2D eigenvalue weighted by Gasteiger charge is 2.30. The lowest BCUT2D eigenvalue weighted by atomic mass is 9.85. The van der Waals surface area contributed by atoms with Crippen LogP contribution in [-0.4, -0.2) is 34.2 Å². The largest absolute Gasteiger partial charge is 0.507 e. The zero-order valence-electron chi connectivity index (χ0n) is 23.7. The molecule has 7 nitrogen and oxygen atoms in total. The van der Waals surface area contributed by atoms with Gasteiger partial charge in [-0.1, -0.05) is 70.5 Å². The average Bonchev–Trinajstić information content (AvgIpc) is 3.39. The first-order chi connectivity index (χ1) is 20.9. The minimum absolute atomic E-state index is 0.0437. The lowest BCUT2D eigenvalue weighted by Gasteiger charge is -2.22. The van der Waals surface area contributed by atoms with Crippen molar-refractivity contribution in [3.8, 4) is 11.5 Å². The normalized spacial score (nSPS) is 12.0. The van der Waals surface area contributed by atoms with Crippen LogP contribution in [0.15, 0.2) is 106 Å². The number of nitrogens with one attached hydrogen (secondary N) is 2. The molecular formula is C35H30BrN3O4. The van der Waals surface area contributed by atoms with E-state index in [9.17, 15) is 14.7 Å². The fraction of sp³-hybridized carbons (Fsp3) is 0.143. The summed E-state index contributed by atoms with van der Waals surface area (Å²) >= 11 is 3.60. The van der Waals surface area contributed by atoms with Gasteiger partial charge in [-0.25, -0.2) is 0 Å². The number of carbonyl (C=O) groups is 1. The smallest absolute Gasteiger partial charge is 0.258 e. The van der Waals surface area contributed by atoms with E-state index in [1.165, 1.54) is 0 Å². The van der Waals surface area contributed by atoms with Crippen LogP contribution in [-0.2, 0) is 13.5 Å². The van der Waals surface area contributed by atoms with E-state index in [1.807, 2.05) is 78.9 Å². The Labute approximate surface area is 256 Å². The number of hydrogen-bond donors (Lipinski definition) is 3. The van der Waals surface area contributed by atoms with E-state index in [0.717, 1.165) is 32.2 Å². The predicted octanol–water partition coefficient (Wildman–Crippen LogP) is 6.65. The third kappa shape index (κ3) is 5.19. The molecule has 0 spiro atoms. The monoisotopic (exact) mass is 635 g/mol. The van der Waals surface area contributed by atoms with Crippen LogP contribution in [0.4, 0.5) is 0 Å². The summed E-state index contributed by atoms with van der Waals surface area (Å²) in [7, 11) is 3.27. The number of fused-ring (bicyclic) bond motifs is 2. The first-order valence-corrected chi connectivity index (χ1v) is 14.7. The number of ether oxygens (including phenoxy) is 1. The van der Waals surface area contributed by atoms with Gasteiger partial charge in [0.1, 0.15) is 11.5 Å². The van der Waals surface area contributed by atoms with Crippen molar-refractivity contribution >= 4 is 43.6 Å². The number of benzene rings is 4. The summed E-state index contributed by atoms with van der Waals surface area (Å²) in [5.74, 6) is -0.389. The molecule has 1 atom stereocenters. The first kappa shape index (κ1) is 28.3. The molecule has 0 aliphatic rings. The maximum Gasteiger partial charge on any atom is 0.258 e. The van der Waals surface area contributed by atoms with Crippen molar-refractivity contribution in [3.63, 3.8) is 0 Å². The van der Waals surface area contributed by atoms with Gasteiger partial charge in [-0.2, -0.15) is 0 Å². The third-order valence-electron chi connectivity index (χ3n) is 7.93. The molecule has 0 radical (unpaired) electrons. The number of methoxy groups -OCH3 is 1. The Morgan fingerprint density at radius 3 is 2.49 bits per heavy atom. The first-order valence-electron chi connectivity index (χ1n) is 14.0. The number of aromatic hydroxyl groups is 1. The topological polar surface area (TPSA) is 96.3 Å². The summed E-state index contributed by atoms with van der Waals surface area (Å²) in [6.07, 6.45) is 0.486. The number of H-pyrrole nitrogens is 1. The number of rotatable bonds is 8. The summed E-state index contributed by atoms with van der Waals surface area (Å²) in [4.78, 5) is 30.7. The van der Waals surface area contributed by atoms with Crippen LogP contribution in [0.25, 0.3) is 21.8 Å². The maximum atomic E-state index is 14.0. The molecule has 43 heavy (non-hydrogen) atoms. The summed E-state index contributed by atoms with van der Waals surface area (Å²) < 4.78 is 7.82. The minimum atomic E-state index is -0.617. The molecule has 6 aromatic rings. The van der Waals surface area contributed by atoms with Crippen molar-refractivity contribution in [2.24, 2.45) is 7.05 Å². The molecule has 0 saturated heterocycles. The highest BCUT2D eigenvalue weighted by molar-refractivity contribution is 9.10. The molecule has 2 aromatic heterocycles. The molecule has 8 heteroatoms. The molecule has 0 bridgehead atoms. The zero-order chi connectivity index (χ0) is 30.1. The maximum absolute atomic E-state index is 14.0. The van der Waals surface area contributed by atoms with Crippen molar-refractivity contribution in [3.05, 3.63) is 140 Å². The number of hydrogen-bond acceptors (Lipinski definition) is 4. The summed E-state index contributed by atoms with van der Waals surface area (Å²) in [5.41, 5.74) is 4.59.